The highest BCUT2D eigenvalue weighted by atomic mass is 32.2. The average Bonchev–Trinajstić information content (AvgIpc) is 2.76. The van der Waals surface area contributed by atoms with Crippen LogP contribution in [-0.4, -0.2) is 21.3 Å². The molecular weight excluding hydrogens is 282 g/mol. The summed E-state index contributed by atoms with van der Waals surface area (Å²) in [5.41, 5.74) is 5.97. The van der Waals surface area contributed by atoms with Gasteiger partial charge in [-0.2, -0.15) is 0 Å². The number of nitrogens with two attached hydrogens (primary N) is 1. The van der Waals surface area contributed by atoms with Gasteiger partial charge in [0.05, 0.1) is 0 Å². The number of rotatable bonds is 5. The Morgan fingerprint density at radius 2 is 2.05 bits per heavy atom. The fraction of sp³-hybridized carbons (Fsp3) is 0.385. The van der Waals surface area contributed by atoms with Gasteiger partial charge in [-0.1, -0.05) is 17.8 Å². The summed E-state index contributed by atoms with van der Waals surface area (Å²) in [6.07, 6.45) is 0.622. The molecule has 0 fully saturated rings. The third kappa shape index (κ3) is 2.99. The van der Waals surface area contributed by atoms with Gasteiger partial charge in [-0.3, -0.25) is 0 Å². The average molecular weight is 298 g/mol. The fourth-order valence-corrected chi connectivity index (χ4v) is 2.74. The van der Waals surface area contributed by atoms with Crippen LogP contribution in [0.1, 0.15) is 17.0 Å². The van der Waals surface area contributed by atoms with Crippen molar-refractivity contribution in [2.45, 2.75) is 24.3 Å². The molecular formula is C13H16F2N4S. The third-order valence-corrected chi connectivity index (χ3v) is 4.06. The third-order valence-electron chi connectivity index (χ3n) is 3.02. The van der Waals surface area contributed by atoms with Crippen molar-refractivity contribution < 1.29 is 8.78 Å². The van der Waals surface area contributed by atoms with Gasteiger partial charge in [-0.05, 0) is 25.1 Å². The van der Waals surface area contributed by atoms with Gasteiger partial charge in [-0.15, -0.1) is 10.2 Å². The molecule has 0 saturated heterocycles. The van der Waals surface area contributed by atoms with Crippen LogP contribution in [0.3, 0.4) is 0 Å². The molecule has 0 saturated carbocycles. The van der Waals surface area contributed by atoms with E-state index >= 15 is 0 Å². The molecule has 4 nitrogen and oxygen atoms in total. The van der Waals surface area contributed by atoms with E-state index in [0.717, 1.165) is 5.82 Å². The first-order valence-electron chi connectivity index (χ1n) is 6.19. The number of aryl methyl sites for hydroxylation is 1. The van der Waals surface area contributed by atoms with Crippen molar-refractivity contribution in [2.24, 2.45) is 12.8 Å². The van der Waals surface area contributed by atoms with Crippen molar-refractivity contribution >= 4 is 11.8 Å². The second-order valence-electron chi connectivity index (χ2n) is 4.44. The first kappa shape index (κ1) is 14.9. The molecule has 0 radical (unpaired) electrons. The monoisotopic (exact) mass is 298 g/mol. The maximum atomic E-state index is 13.9. The highest BCUT2D eigenvalue weighted by Gasteiger charge is 2.14. The number of hydrogen-bond donors (Lipinski definition) is 1. The Bertz CT molecular complexity index is 613. The van der Waals surface area contributed by atoms with E-state index < -0.39 is 11.6 Å². The summed E-state index contributed by atoms with van der Waals surface area (Å²) in [6.45, 7) is 2.10. The predicted molar refractivity (Wildman–Crippen MR) is 74.4 cm³/mol. The summed E-state index contributed by atoms with van der Waals surface area (Å²) in [6, 6.07) is 2.71. The van der Waals surface area contributed by atoms with Crippen LogP contribution in [0.25, 0.3) is 0 Å². The molecule has 0 amide bonds. The molecule has 2 aromatic rings. The lowest BCUT2D eigenvalue weighted by molar-refractivity contribution is 0.560. The number of benzene rings is 1. The van der Waals surface area contributed by atoms with E-state index in [9.17, 15) is 8.78 Å². The van der Waals surface area contributed by atoms with E-state index in [-0.39, 0.29) is 11.3 Å². The maximum absolute atomic E-state index is 13.9. The number of halogens is 2. The molecule has 0 aliphatic rings. The minimum Gasteiger partial charge on any atom is -0.330 e. The molecule has 7 heteroatoms. The van der Waals surface area contributed by atoms with Gasteiger partial charge in [0.25, 0.3) is 0 Å². The highest BCUT2D eigenvalue weighted by molar-refractivity contribution is 7.98. The zero-order chi connectivity index (χ0) is 14.7. The molecule has 1 heterocycles. The standard InChI is InChI=1S/C13H16F2N4S/c1-8-3-4-10(14)9(12(8)15)7-20-13-18-17-11(5-6-16)19(13)2/h3-4H,5-7,16H2,1-2H3. The second-order valence-corrected chi connectivity index (χ2v) is 5.38. The zero-order valence-corrected chi connectivity index (χ0v) is 12.2. The first-order valence-corrected chi connectivity index (χ1v) is 7.17. The van der Waals surface area contributed by atoms with Crippen LogP contribution in [0.4, 0.5) is 8.78 Å². The summed E-state index contributed by atoms with van der Waals surface area (Å²) in [5.74, 6) is -0.0968. The molecule has 0 atom stereocenters. The van der Waals surface area contributed by atoms with Gasteiger partial charge in [0.2, 0.25) is 0 Å². The van der Waals surface area contributed by atoms with Crippen LogP contribution >= 0.6 is 11.8 Å². The summed E-state index contributed by atoms with van der Waals surface area (Å²) in [7, 11) is 1.82. The van der Waals surface area contributed by atoms with E-state index in [4.69, 9.17) is 5.73 Å². The quantitative estimate of drug-likeness (QED) is 0.860. The largest absolute Gasteiger partial charge is 0.330 e. The molecule has 20 heavy (non-hydrogen) atoms. The van der Waals surface area contributed by atoms with Crippen molar-refractivity contribution in [3.8, 4) is 0 Å². The number of thioether (sulfide) groups is 1. The van der Waals surface area contributed by atoms with E-state index in [2.05, 4.69) is 10.2 Å². The van der Waals surface area contributed by atoms with Crippen LogP contribution in [0.5, 0.6) is 0 Å². The van der Waals surface area contributed by atoms with Crippen molar-refractivity contribution in [3.05, 3.63) is 40.7 Å². The van der Waals surface area contributed by atoms with Crippen LogP contribution in [0.2, 0.25) is 0 Å². The van der Waals surface area contributed by atoms with E-state index in [1.54, 1.807) is 11.5 Å². The predicted octanol–water partition coefficient (Wildman–Crippen LogP) is 2.20. The lowest BCUT2D eigenvalue weighted by atomic mass is 10.1. The normalized spacial score (nSPS) is 11.1. The summed E-state index contributed by atoms with van der Waals surface area (Å²) < 4.78 is 29.3. The van der Waals surface area contributed by atoms with Crippen LogP contribution in [-0.2, 0) is 19.2 Å². The van der Waals surface area contributed by atoms with E-state index in [1.165, 1.54) is 23.9 Å². The van der Waals surface area contributed by atoms with Gasteiger partial charge in [0.1, 0.15) is 17.5 Å². The Balaban J connectivity index is 2.15. The molecule has 0 unspecified atom stereocenters. The summed E-state index contributed by atoms with van der Waals surface area (Å²) in [5, 5.41) is 8.63. The lowest BCUT2D eigenvalue weighted by Gasteiger charge is -2.07. The Hall–Kier alpha value is -1.47. The van der Waals surface area contributed by atoms with Crippen LogP contribution in [0, 0.1) is 18.6 Å². The molecule has 0 bridgehead atoms. The van der Waals surface area contributed by atoms with Gasteiger partial charge >= 0.3 is 0 Å². The molecule has 1 aromatic heterocycles. The van der Waals surface area contributed by atoms with Crippen molar-refractivity contribution in [1.29, 1.82) is 0 Å². The van der Waals surface area contributed by atoms with Gasteiger partial charge in [0, 0.05) is 24.8 Å². The number of hydrogen-bond acceptors (Lipinski definition) is 4. The smallest absolute Gasteiger partial charge is 0.191 e. The Kier molecular flexibility index (Phi) is 4.72. The summed E-state index contributed by atoms with van der Waals surface area (Å²) in [4.78, 5) is 0. The Labute approximate surface area is 120 Å². The topological polar surface area (TPSA) is 56.7 Å². The van der Waals surface area contributed by atoms with Crippen LogP contribution in [0.15, 0.2) is 17.3 Å². The molecule has 1 aromatic carbocycles. The molecule has 0 spiro atoms. The molecule has 0 aliphatic heterocycles. The van der Waals surface area contributed by atoms with E-state index in [0.29, 0.717) is 23.7 Å². The Morgan fingerprint density at radius 3 is 2.75 bits per heavy atom. The molecule has 108 valence electrons. The van der Waals surface area contributed by atoms with Gasteiger partial charge < -0.3 is 10.3 Å². The second kappa shape index (κ2) is 6.32. The zero-order valence-electron chi connectivity index (χ0n) is 11.4. The highest BCUT2D eigenvalue weighted by Crippen LogP contribution is 2.25. The van der Waals surface area contributed by atoms with Crippen molar-refractivity contribution in [2.75, 3.05) is 6.54 Å². The fourth-order valence-electron chi connectivity index (χ4n) is 1.80. The SMILES string of the molecule is Cc1ccc(F)c(CSc2nnc(CCN)n2C)c1F. The number of nitrogens with zero attached hydrogens (tertiary/aromatic N) is 3. The maximum Gasteiger partial charge on any atom is 0.191 e. The van der Waals surface area contributed by atoms with E-state index in [1.807, 2.05) is 7.05 Å². The summed E-state index contributed by atoms with van der Waals surface area (Å²) >= 11 is 1.25. The van der Waals surface area contributed by atoms with Crippen molar-refractivity contribution in [3.63, 3.8) is 0 Å². The lowest BCUT2D eigenvalue weighted by Crippen LogP contribution is -2.08. The Morgan fingerprint density at radius 1 is 1.30 bits per heavy atom. The molecule has 2 N–H and O–H groups in total. The first-order chi connectivity index (χ1) is 9.54. The minimum atomic E-state index is -0.537. The van der Waals surface area contributed by atoms with Gasteiger partial charge in [-0.25, -0.2) is 8.78 Å². The van der Waals surface area contributed by atoms with Crippen molar-refractivity contribution in [1.82, 2.24) is 14.8 Å². The van der Waals surface area contributed by atoms with Gasteiger partial charge in [0.15, 0.2) is 5.16 Å². The number of aromatic nitrogens is 3. The molecule has 0 aliphatic carbocycles. The minimum absolute atomic E-state index is 0.0679. The molecule has 2 rings (SSSR count). The van der Waals surface area contributed by atoms with Crippen LogP contribution < -0.4 is 5.73 Å².